The number of aliphatic hydroxyl groups is 1. The quantitative estimate of drug-likeness (QED) is 0.850. The zero-order valence-electron chi connectivity index (χ0n) is 13.4. The number of rotatable bonds is 4. The smallest absolute Gasteiger partial charge is 0.239 e. The third kappa shape index (κ3) is 4.41. The fourth-order valence-electron chi connectivity index (χ4n) is 3.21. The number of piperidine rings is 1. The molecule has 24 heavy (non-hydrogen) atoms. The minimum Gasteiger partial charge on any atom is -0.392 e. The molecule has 3 rings (SSSR count). The number of carbonyl (C=O) groups is 1. The normalized spacial score (nSPS) is 25.2. The second kappa shape index (κ2) is 8.02. The molecule has 2 atom stereocenters. The van der Waals surface area contributed by atoms with Crippen LogP contribution in [0.4, 0.5) is 0 Å². The number of nitrogens with zero attached hydrogens (tertiary/aromatic N) is 1. The first-order valence-electron chi connectivity index (χ1n) is 8.28. The van der Waals surface area contributed by atoms with Gasteiger partial charge in [0.25, 0.3) is 0 Å². The first-order valence-corrected chi connectivity index (χ1v) is 9.04. The molecule has 2 heterocycles. The Bertz CT molecular complexity index is 591. The molecule has 1 aromatic rings. The molecule has 132 valence electrons. The molecule has 1 aromatic carbocycles. The summed E-state index contributed by atoms with van der Waals surface area (Å²) in [4.78, 5) is 14.3. The van der Waals surface area contributed by atoms with Crippen molar-refractivity contribution in [2.45, 2.75) is 44.1 Å². The first-order chi connectivity index (χ1) is 11.5. The van der Waals surface area contributed by atoms with Crippen molar-refractivity contribution in [3.05, 3.63) is 33.8 Å². The van der Waals surface area contributed by atoms with Gasteiger partial charge < -0.3 is 20.1 Å². The maximum atomic E-state index is 12.4. The molecule has 2 N–H and O–H groups in total. The Morgan fingerprint density at radius 2 is 2.04 bits per heavy atom. The number of benzene rings is 1. The van der Waals surface area contributed by atoms with E-state index in [1.165, 1.54) is 0 Å². The van der Waals surface area contributed by atoms with Gasteiger partial charge in [-0.2, -0.15) is 0 Å². The Labute approximate surface area is 151 Å². The summed E-state index contributed by atoms with van der Waals surface area (Å²) < 4.78 is 5.94. The number of aliphatic hydroxyl groups excluding tert-OH is 1. The highest BCUT2D eigenvalue weighted by Crippen LogP contribution is 2.24. The fourth-order valence-corrected chi connectivity index (χ4v) is 3.53. The fraction of sp³-hybridized carbons (Fsp3) is 0.588. The molecule has 0 radical (unpaired) electrons. The van der Waals surface area contributed by atoms with Gasteiger partial charge in [-0.15, -0.1) is 0 Å². The number of hydrogen-bond donors (Lipinski definition) is 2. The van der Waals surface area contributed by atoms with Gasteiger partial charge in [-0.3, -0.25) is 4.79 Å². The van der Waals surface area contributed by atoms with Gasteiger partial charge in [-0.1, -0.05) is 29.3 Å². The highest BCUT2D eigenvalue weighted by Gasteiger charge is 2.33. The standard InChI is InChI=1S/C17H22Cl2N2O3/c18-14-2-1-11(7-15(14)19)10-24-13-3-5-21(6-4-13)17(23)16-8-12(22)9-20-16/h1-2,7,12-13,16,20,22H,3-6,8-10H2/t12-,16+/m0/s1. The van der Waals surface area contributed by atoms with Crippen LogP contribution in [0.1, 0.15) is 24.8 Å². The third-order valence-corrected chi connectivity index (χ3v) is 5.37. The SMILES string of the molecule is O=C([C@H]1C[C@H](O)CN1)N1CCC(OCc2ccc(Cl)c(Cl)c2)CC1. The van der Waals surface area contributed by atoms with Crippen LogP contribution in [0.15, 0.2) is 18.2 Å². The highest BCUT2D eigenvalue weighted by molar-refractivity contribution is 6.42. The molecule has 0 spiro atoms. The van der Waals surface area contributed by atoms with Crippen molar-refractivity contribution < 1.29 is 14.6 Å². The molecule has 0 aliphatic carbocycles. The molecule has 2 aliphatic heterocycles. The molecule has 0 saturated carbocycles. The summed E-state index contributed by atoms with van der Waals surface area (Å²) in [6.07, 6.45) is 1.88. The van der Waals surface area contributed by atoms with Crippen LogP contribution < -0.4 is 5.32 Å². The second-order valence-electron chi connectivity index (χ2n) is 6.43. The van der Waals surface area contributed by atoms with E-state index in [0.29, 0.717) is 42.7 Å². The largest absolute Gasteiger partial charge is 0.392 e. The first kappa shape index (κ1) is 18.0. The lowest BCUT2D eigenvalue weighted by Gasteiger charge is -2.33. The summed E-state index contributed by atoms with van der Waals surface area (Å²) >= 11 is 11.9. The summed E-state index contributed by atoms with van der Waals surface area (Å²) in [5, 5.41) is 13.7. The summed E-state index contributed by atoms with van der Waals surface area (Å²) in [6.45, 7) is 2.38. The van der Waals surface area contributed by atoms with Gasteiger partial charge in [0.2, 0.25) is 5.91 Å². The van der Waals surface area contributed by atoms with Gasteiger partial charge in [0, 0.05) is 19.6 Å². The predicted octanol–water partition coefficient (Wildman–Crippen LogP) is 2.22. The molecule has 2 saturated heterocycles. The van der Waals surface area contributed by atoms with Crippen LogP contribution >= 0.6 is 23.2 Å². The van der Waals surface area contributed by atoms with E-state index in [9.17, 15) is 9.90 Å². The zero-order valence-corrected chi connectivity index (χ0v) is 14.9. The van der Waals surface area contributed by atoms with Crippen molar-refractivity contribution in [1.82, 2.24) is 10.2 Å². The van der Waals surface area contributed by atoms with Gasteiger partial charge in [-0.25, -0.2) is 0 Å². The van der Waals surface area contributed by atoms with Gasteiger partial charge in [0.15, 0.2) is 0 Å². The number of nitrogens with one attached hydrogen (secondary N) is 1. The van der Waals surface area contributed by atoms with Crippen LogP contribution in [0.25, 0.3) is 0 Å². The molecule has 2 fully saturated rings. The van der Waals surface area contributed by atoms with E-state index >= 15 is 0 Å². The third-order valence-electron chi connectivity index (χ3n) is 4.63. The van der Waals surface area contributed by atoms with E-state index in [1.54, 1.807) is 6.07 Å². The van der Waals surface area contributed by atoms with E-state index in [2.05, 4.69) is 5.32 Å². The zero-order chi connectivity index (χ0) is 17.1. The number of amides is 1. The van der Waals surface area contributed by atoms with Crippen LogP contribution in [0, 0.1) is 0 Å². The van der Waals surface area contributed by atoms with E-state index in [0.717, 1.165) is 18.4 Å². The average Bonchev–Trinajstić information content (AvgIpc) is 3.02. The Balaban J connectivity index is 1.43. The number of likely N-dealkylation sites (tertiary alicyclic amines) is 1. The van der Waals surface area contributed by atoms with E-state index in [1.807, 2.05) is 17.0 Å². The number of ether oxygens (including phenoxy) is 1. The highest BCUT2D eigenvalue weighted by atomic mass is 35.5. The Hall–Kier alpha value is -0.850. The lowest BCUT2D eigenvalue weighted by Crippen LogP contribution is -2.48. The van der Waals surface area contributed by atoms with Crippen LogP contribution in [0.3, 0.4) is 0 Å². The second-order valence-corrected chi connectivity index (χ2v) is 7.25. The number of halogens is 2. The molecule has 0 bridgehead atoms. The maximum Gasteiger partial charge on any atom is 0.239 e. The van der Waals surface area contributed by atoms with Gasteiger partial charge in [-0.05, 0) is 37.0 Å². The maximum absolute atomic E-state index is 12.4. The number of hydrogen-bond acceptors (Lipinski definition) is 4. The monoisotopic (exact) mass is 372 g/mol. The number of carbonyl (C=O) groups excluding carboxylic acids is 1. The predicted molar refractivity (Wildman–Crippen MR) is 93.3 cm³/mol. The van der Waals surface area contributed by atoms with Crippen molar-refractivity contribution in [3.63, 3.8) is 0 Å². The summed E-state index contributed by atoms with van der Waals surface area (Å²) in [5.41, 5.74) is 0.993. The van der Waals surface area contributed by atoms with Gasteiger partial charge in [0.05, 0.1) is 34.9 Å². The lowest BCUT2D eigenvalue weighted by atomic mass is 10.1. The van der Waals surface area contributed by atoms with Crippen molar-refractivity contribution in [2.24, 2.45) is 0 Å². The van der Waals surface area contributed by atoms with Crippen LogP contribution in [0.5, 0.6) is 0 Å². The Morgan fingerprint density at radius 1 is 1.29 bits per heavy atom. The van der Waals surface area contributed by atoms with Crippen LogP contribution in [-0.2, 0) is 16.1 Å². The van der Waals surface area contributed by atoms with E-state index < -0.39 is 6.10 Å². The van der Waals surface area contributed by atoms with Crippen molar-refractivity contribution in [2.75, 3.05) is 19.6 Å². The van der Waals surface area contributed by atoms with Crippen molar-refractivity contribution in [1.29, 1.82) is 0 Å². The van der Waals surface area contributed by atoms with E-state index in [4.69, 9.17) is 27.9 Å². The minimum absolute atomic E-state index is 0.0921. The van der Waals surface area contributed by atoms with Crippen LogP contribution in [0.2, 0.25) is 10.0 Å². The summed E-state index contributed by atoms with van der Waals surface area (Å²) in [6, 6.07) is 5.25. The van der Waals surface area contributed by atoms with Crippen molar-refractivity contribution in [3.8, 4) is 0 Å². The minimum atomic E-state index is -0.411. The van der Waals surface area contributed by atoms with Crippen molar-refractivity contribution >= 4 is 29.1 Å². The average molecular weight is 373 g/mol. The molecular weight excluding hydrogens is 351 g/mol. The van der Waals surface area contributed by atoms with Gasteiger partial charge >= 0.3 is 0 Å². The number of β-amino-alcohol motifs (C(OH)–C–C–N with tert-alkyl or cyclic N) is 1. The molecule has 2 aliphatic rings. The molecule has 5 nitrogen and oxygen atoms in total. The topological polar surface area (TPSA) is 61.8 Å². The lowest BCUT2D eigenvalue weighted by molar-refractivity contribution is -0.136. The Kier molecular flexibility index (Phi) is 6.00. The molecular formula is C17H22Cl2N2O3. The molecule has 1 amide bonds. The summed E-state index contributed by atoms with van der Waals surface area (Å²) in [7, 11) is 0. The molecule has 7 heteroatoms. The summed E-state index contributed by atoms with van der Waals surface area (Å²) in [5.74, 6) is 0.0921. The molecule has 0 unspecified atom stereocenters. The van der Waals surface area contributed by atoms with Crippen LogP contribution in [-0.4, -0.2) is 53.8 Å². The van der Waals surface area contributed by atoms with Gasteiger partial charge in [0.1, 0.15) is 0 Å². The van der Waals surface area contributed by atoms with E-state index in [-0.39, 0.29) is 18.1 Å². The Morgan fingerprint density at radius 3 is 2.67 bits per heavy atom. The molecule has 0 aromatic heterocycles.